The van der Waals surface area contributed by atoms with E-state index in [4.69, 9.17) is 5.11 Å². The van der Waals surface area contributed by atoms with Crippen LogP contribution in [-0.4, -0.2) is 16.9 Å². The molecule has 0 spiro atoms. The minimum atomic E-state index is -0.870. The maximum Gasteiger partial charge on any atom is 0.307 e. The fourth-order valence-electron chi connectivity index (χ4n) is 2.09. The van der Waals surface area contributed by atoms with Gasteiger partial charge in [-0.05, 0) is 28.6 Å². The fourth-order valence-corrected chi connectivity index (χ4v) is 2.09. The molecular formula is C17H24O3. The summed E-state index contributed by atoms with van der Waals surface area (Å²) in [4.78, 5) is 23.3. The van der Waals surface area contributed by atoms with Gasteiger partial charge in [0.05, 0.1) is 6.42 Å². The summed E-state index contributed by atoms with van der Waals surface area (Å²) in [6, 6.07) is 0. The van der Waals surface area contributed by atoms with Crippen LogP contribution >= 0.6 is 0 Å². The Hall–Kier alpha value is -1.64. The molecule has 0 bridgehead atoms. The third kappa shape index (κ3) is 3.92. The van der Waals surface area contributed by atoms with Gasteiger partial charge in [-0.25, -0.2) is 0 Å². The van der Waals surface area contributed by atoms with E-state index < -0.39 is 5.97 Å². The van der Waals surface area contributed by atoms with Gasteiger partial charge in [0.15, 0.2) is 5.78 Å². The third-order valence-corrected chi connectivity index (χ3v) is 3.24. The van der Waals surface area contributed by atoms with Gasteiger partial charge in [0, 0.05) is 11.1 Å². The first-order valence-electron chi connectivity index (χ1n) is 6.84. The zero-order valence-corrected chi connectivity index (χ0v) is 13.2. The molecule has 0 saturated heterocycles. The topological polar surface area (TPSA) is 54.4 Å². The molecule has 0 aliphatic heterocycles. The van der Waals surface area contributed by atoms with Gasteiger partial charge in [0.25, 0.3) is 0 Å². The number of hydrogen-bond acceptors (Lipinski definition) is 2. The predicted molar refractivity (Wildman–Crippen MR) is 80.4 cm³/mol. The first-order valence-corrected chi connectivity index (χ1v) is 6.84. The van der Waals surface area contributed by atoms with E-state index in [2.05, 4.69) is 0 Å². The second-order valence-corrected chi connectivity index (χ2v) is 7.25. The number of aliphatic carboxylic acids is 1. The van der Waals surface area contributed by atoms with Crippen LogP contribution in [0.4, 0.5) is 0 Å². The molecule has 0 radical (unpaired) electrons. The Balaban J connectivity index is 3.33. The summed E-state index contributed by atoms with van der Waals surface area (Å²) in [5, 5.41) is 8.79. The molecule has 0 atom stereocenters. The molecule has 0 heterocycles. The number of carboxylic acid groups (broad SMARTS) is 1. The van der Waals surface area contributed by atoms with E-state index >= 15 is 0 Å². The van der Waals surface area contributed by atoms with E-state index in [0.29, 0.717) is 0 Å². The van der Waals surface area contributed by atoms with Crippen LogP contribution in [0.1, 0.15) is 48.0 Å². The Bertz CT molecular complexity index is 481. The van der Waals surface area contributed by atoms with Crippen molar-refractivity contribution >= 4 is 11.8 Å². The van der Waals surface area contributed by atoms with Crippen molar-refractivity contribution in [2.45, 2.75) is 48.0 Å². The Morgan fingerprint density at radius 2 is 1.45 bits per heavy atom. The molecule has 0 unspecified atom stereocenters. The van der Waals surface area contributed by atoms with Crippen LogP contribution in [0.3, 0.4) is 0 Å². The highest BCUT2D eigenvalue weighted by Gasteiger charge is 2.33. The minimum absolute atomic E-state index is 0.0363. The average molecular weight is 276 g/mol. The first-order chi connectivity index (χ1) is 8.93. The van der Waals surface area contributed by atoms with Gasteiger partial charge in [-0.1, -0.05) is 47.6 Å². The monoisotopic (exact) mass is 276 g/mol. The SMILES string of the molecule is CC(C)(C)C1=CC(=CCC(=O)O)C=C(C(C)(C)C)C1=O. The second kappa shape index (κ2) is 5.39. The van der Waals surface area contributed by atoms with E-state index in [9.17, 15) is 9.59 Å². The largest absolute Gasteiger partial charge is 0.481 e. The Kier molecular flexibility index (Phi) is 4.42. The van der Waals surface area contributed by atoms with Crippen LogP contribution in [-0.2, 0) is 9.59 Å². The molecule has 110 valence electrons. The van der Waals surface area contributed by atoms with Gasteiger partial charge in [0.2, 0.25) is 0 Å². The number of carbonyl (C=O) groups is 2. The van der Waals surface area contributed by atoms with Crippen molar-refractivity contribution in [3.8, 4) is 0 Å². The summed E-state index contributed by atoms with van der Waals surface area (Å²) >= 11 is 0. The summed E-state index contributed by atoms with van der Waals surface area (Å²) in [5.74, 6) is -0.803. The molecule has 0 aromatic rings. The van der Waals surface area contributed by atoms with E-state index in [1.807, 2.05) is 53.7 Å². The molecule has 1 aliphatic carbocycles. The molecule has 0 amide bonds. The summed E-state index contributed by atoms with van der Waals surface area (Å²) in [6.45, 7) is 12.0. The lowest BCUT2D eigenvalue weighted by Gasteiger charge is -2.31. The number of ketones is 1. The van der Waals surface area contributed by atoms with Crippen molar-refractivity contribution in [3.05, 3.63) is 34.9 Å². The van der Waals surface area contributed by atoms with Crippen LogP contribution in [0, 0.1) is 10.8 Å². The standard InChI is InChI=1S/C17H24O3/c1-16(2,3)12-9-11(7-8-14(18)19)10-13(15(12)20)17(4,5)6/h7,9-10H,8H2,1-6H3,(H,18,19). The quantitative estimate of drug-likeness (QED) is 0.831. The van der Waals surface area contributed by atoms with Crippen molar-refractivity contribution in [2.75, 3.05) is 0 Å². The summed E-state index contributed by atoms with van der Waals surface area (Å²) < 4.78 is 0. The molecule has 3 nitrogen and oxygen atoms in total. The van der Waals surface area contributed by atoms with Crippen LogP contribution in [0.2, 0.25) is 0 Å². The lowest BCUT2D eigenvalue weighted by atomic mass is 9.72. The van der Waals surface area contributed by atoms with Crippen LogP contribution in [0.5, 0.6) is 0 Å². The second-order valence-electron chi connectivity index (χ2n) is 7.25. The summed E-state index contributed by atoms with van der Waals surface area (Å²) in [7, 11) is 0. The van der Waals surface area contributed by atoms with E-state index in [-0.39, 0.29) is 23.0 Å². The van der Waals surface area contributed by atoms with Crippen LogP contribution in [0.25, 0.3) is 0 Å². The fraction of sp³-hybridized carbons (Fsp3) is 0.529. The number of carboxylic acids is 1. The molecular weight excluding hydrogens is 252 g/mol. The van der Waals surface area contributed by atoms with Gasteiger partial charge < -0.3 is 5.11 Å². The molecule has 0 fully saturated rings. The highest BCUT2D eigenvalue weighted by Crippen LogP contribution is 2.38. The lowest BCUT2D eigenvalue weighted by Crippen LogP contribution is -2.27. The number of allylic oxidation sites excluding steroid dienone is 5. The Morgan fingerprint density at radius 3 is 1.75 bits per heavy atom. The summed E-state index contributed by atoms with van der Waals surface area (Å²) in [5.41, 5.74) is 1.76. The van der Waals surface area contributed by atoms with Crippen LogP contribution < -0.4 is 0 Å². The van der Waals surface area contributed by atoms with Crippen molar-refractivity contribution < 1.29 is 14.7 Å². The number of carbonyl (C=O) groups excluding carboxylic acids is 1. The Labute approximate surface area is 121 Å². The molecule has 0 aromatic heterocycles. The molecule has 3 heteroatoms. The molecule has 1 rings (SSSR count). The number of rotatable bonds is 2. The Morgan fingerprint density at radius 1 is 1.05 bits per heavy atom. The van der Waals surface area contributed by atoms with E-state index in [0.717, 1.165) is 16.7 Å². The third-order valence-electron chi connectivity index (χ3n) is 3.24. The zero-order valence-electron chi connectivity index (χ0n) is 13.2. The highest BCUT2D eigenvalue weighted by molar-refractivity contribution is 6.11. The highest BCUT2D eigenvalue weighted by atomic mass is 16.4. The molecule has 0 saturated carbocycles. The number of Topliss-reactive ketones (excluding diaryl/α,β-unsaturated/α-hetero) is 1. The lowest BCUT2D eigenvalue weighted by molar-refractivity contribution is -0.136. The molecule has 1 N–H and O–H groups in total. The van der Waals surface area contributed by atoms with Crippen LogP contribution in [0.15, 0.2) is 34.9 Å². The van der Waals surface area contributed by atoms with Gasteiger partial charge in [-0.2, -0.15) is 0 Å². The smallest absolute Gasteiger partial charge is 0.307 e. The number of hydrogen-bond donors (Lipinski definition) is 1. The van der Waals surface area contributed by atoms with Crippen molar-refractivity contribution in [1.82, 2.24) is 0 Å². The maximum absolute atomic E-state index is 12.6. The summed E-state index contributed by atoms with van der Waals surface area (Å²) in [6.07, 6.45) is 5.26. The van der Waals surface area contributed by atoms with Gasteiger partial charge in [0.1, 0.15) is 0 Å². The zero-order chi connectivity index (χ0) is 15.7. The molecule has 1 aliphatic rings. The van der Waals surface area contributed by atoms with Gasteiger partial charge in [-0.15, -0.1) is 0 Å². The molecule has 0 aromatic carbocycles. The van der Waals surface area contributed by atoms with Gasteiger partial charge in [-0.3, -0.25) is 9.59 Å². The van der Waals surface area contributed by atoms with Gasteiger partial charge >= 0.3 is 5.97 Å². The average Bonchev–Trinajstić information content (AvgIpc) is 2.24. The van der Waals surface area contributed by atoms with E-state index in [1.165, 1.54) is 0 Å². The van der Waals surface area contributed by atoms with E-state index in [1.54, 1.807) is 6.08 Å². The molecule has 20 heavy (non-hydrogen) atoms. The minimum Gasteiger partial charge on any atom is -0.481 e. The first kappa shape index (κ1) is 16.4. The van der Waals surface area contributed by atoms with Crippen molar-refractivity contribution in [1.29, 1.82) is 0 Å². The maximum atomic E-state index is 12.6. The van der Waals surface area contributed by atoms with Crippen molar-refractivity contribution in [3.63, 3.8) is 0 Å². The van der Waals surface area contributed by atoms with Crippen molar-refractivity contribution in [2.24, 2.45) is 10.8 Å². The normalized spacial score (nSPS) is 16.7. The predicted octanol–water partition coefficient (Wildman–Crippen LogP) is 3.92.